The molecule has 0 spiro atoms. The van der Waals surface area contributed by atoms with E-state index in [2.05, 4.69) is 15.3 Å². The fourth-order valence-electron chi connectivity index (χ4n) is 1.43. The first kappa shape index (κ1) is 13.1. The Morgan fingerprint density at radius 1 is 1.53 bits per heavy atom. The zero-order valence-electron chi connectivity index (χ0n) is 10.1. The summed E-state index contributed by atoms with van der Waals surface area (Å²) in [6.45, 7) is 3.93. The van der Waals surface area contributed by atoms with E-state index >= 15 is 0 Å². The Bertz CT molecular complexity index is 450. The van der Waals surface area contributed by atoms with Crippen LogP contribution in [0.15, 0.2) is 23.3 Å². The summed E-state index contributed by atoms with van der Waals surface area (Å²) < 4.78 is 0. The van der Waals surface area contributed by atoms with Gasteiger partial charge in [0.1, 0.15) is 0 Å². The van der Waals surface area contributed by atoms with Gasteiger partial charge in [-0.05, 0) is 31.0 Å². The molecule has 0 saturated heterocycles. The molecule has 17 heavy (non-hydrogen) atoms. The summed E-state index contributed by atoms with van der Waals surface area (Å²) in [4.78, 5) is 14.3. The Morgan fingerprint density at radius 2 is 2.29 bits per heavy atom. The van der Waals surface area contributed by atoms with Crippen LogP contribution in [0.3, 0.4) is 0 Å². The van der Waals surface area contributed by atoms with Crippen LogP contribution in [0.25, 0.3) is 10.4 Å². The average Bonchev–Trinajstić information content (AvgIpc) is 2.30. The largest absolute Gasteiger partial charge is 0.326 e. The number of benzene rings is 1. The van der Waals surface area contributed by atoms with Gasteiger partial charge in [0.2, 0.25) is 5.91 Å². The summed E-state index contributed by atoms with van der Waals surface area (Å²) in [6, 6.07) is 5.37. The van der Waals surface area contributed by atoms with Gasteiger partial charge in [0.15, 0.2) is 0 Å². The highest BCUT2D eigenvalue weighted by atomic mass is 16.1. The number of nitrogens with zero attached hydrogens (tertiary/aromatic N) is 3. The number of carbonyl (C=O) groups is 1. The predicted molar refractivity (Wildman–Crippen MR) is 68.1 cm³/mol. The van der Waals surface area contributed by atoms with Gasteiger partial charge in [0.05, 0.1) is 11.4 Å². The normalized spacial score (nSPS) is 9.53. The number of amides is 1. The summed E-state index contributed by atoms with van der Waals surface area (Å²) in [6.07, 6.45) is 2.32. The number of rotatable bonds is 5. The smallest absolute Gasteiger partial charge is 0.224 e. The molecule has 90 valence electrons. The monoisotopic (exact) mass is 232 g/mol. The van der Waals surface area contributed by atoms with Crippen LogP contribution in [0.2, 0.25) is 0 Å². The van der Waals surface area contributed by atoms with Crippen molar-refractivity contribution in [2.24, 2.45) is 5.11 Å². The number of unbranched alkanes of at least 4 members (excludes halogenated alkanes) is 1. The van der Waals surface area contributed by atoms with Gasteiger partial charge in [0, 0.05) is 11.3 Å². The maximum atomic E-state index is 11.6. The van der Waals surface area contributed by atoms with Crippen molar-refractivity contribution < 1.29 is 4.79 Å². The van der Waals surface area contributed by atoms with Gasteiger partial charge < -0.3 is 5.32 Å². The molecule has 1 aromatic carbocycles. The second kappa shape index (κ2) is 6.55. The Kier molecular flexibility index (Phi) is 5.04. The molecular formula is C12H16N4O. The van der Waals surface area contributed by atoms with Crippen LogP contribution in [-0.2, 0) is 4.79 Å². The maximum Gasteiger partial charge on any atom is 0.224 e. The van der Waals surface area contributed by atoms with Crippen LogP contribution in [0, 0.1) is 6.92 Å². The van der Waals surface area contributed by atoms with Gasteiger partial charge in [0.25, 0.3) is 0 Å². The minimum atomic E-state index is -0.0508. The first-order valence-corrected chi connectivity index (χ1v) is 5.63. The fourth-order valence-corrected chi connectivity index (χ4v) is 1.43. The van der Waals surface area contributed by atoms with Crippen molar-refractivity contribution in [3.8, 4) is 0 Å². The van der Waals surface area contributed by atoms with Gasteiger partial charge in [-0.2, -0.15) is 0 Å². The van der Waals surface area contributed by atoms with Crippen molar-refractivity contribution in [1.29, 1.82) is 0 Å². The molecule has 0 fully saturated rings. The number of nitrogens with one attached hydrogen (secondary N) is 1. The van der Waals surface area contributed by atoms with Crippen molar-refractivity contribution in [3.63, 3.8) is 0 Å². The first-order chi connectivity index (χ1) is 8.17. The standard InChI is InChI=1S/C12H16N4O/c1-3-4-5-12(17)14-10-7-6-9(2)8-11(10)15-16-13/h6-8H,3-5H2,1-2H3,(H,14,17). The van der Waals surface area contributed by atoms with Crippen LogP contribution < -0.4 is 5.32 Å². The second-order valence-corrected chi connectivity index (χ2v) is 3.86. The number of hydrogen-bond donors (Lipinski definition) is 1. The van der Waals surface area contributed by atoms with Crippen molar-refractivity contribution in [2.75, 3.05) is 5.32 Å². The number of hydrogen-bond acceptors (Lipinski definition) is 2. The van der Waals surface area contributed by atoms with E-state index in [1.54, 1.807) is 12.1 Å². The predicted octanol–water partition coefficient (Wildman–Crippen LogP) is 4.07. The van der Waals surface area contributed by atoms with Crippen LogP contribution in [0.5, 0.6) is 0 Å². The fraction of sp³-hybridized carbons (Fsp3) is 0.417. The maximum absolute atomic E-state index is 11.6. The van der Waals surface area contributed by atoms with Crippen LogP contribution in [0.4, 0.5) is 11.4 Å². The quantitative estimate of drug-likeness (QED) is 0.463. The summed E-state index contributed by atoms with van der Waals surface area (Å²) in [5, 5.41) is 6.32. The van der Waals surface area contributed by atoms with Gasteiger partial charge in [-0.25, -0.2) is 0 Å². The van der Waals surface area contributed by atoms with E-state index in [0.29, 0.717) is 17.8 Å². The molecule has 0 aromatic heterocycles. The molecule has 0 aliphatic carbocycles. The highest BCUT2D eigenvalue weighted by Gasteiger charge is 2.05. The average molecular weight is 232 g/mol. The molecule has 1 aromatic rings. The Hall–Kier alpha value is -2.00. The highest BCUT2D eigenvalue weighted by Crippen LogP contribution is 2.26. The molecule has 1 N–H and O–H groups in total. The van der Waals surface area contributed by atoms with E-state index in [1.165, 1.54) is 0 Å². The van der Waals surface area contributed by atoms with Gasteiger partial charge in [-0.1, -0.05) is 30.1 Å². The second-order valence-electron chi connectivity index (χ2n) is 3.86. The van der Waals surface area contributed by atoms with E-state index in [0.717, 1.165) is 18.4 Å². The van der Waals surface area contributed by atoms with E-state index < -0.39 is 0 Å². The molecule has 0 saturated carbocycles. The Balaban J connectivity index is 2.82. The highest BCUT2D eigenvalue weighted by molar-refractivity contribution is 5.93. The summed E-state index contributed by atoms with van der Waals surface area (Å²) in [5.41, 5.74) is 10.5. The van der Waals surface area contributed by atoms with Crippen LogP contribution in [0.1, 0.15) is 31.7 Å². The number of anilines is 1. The molecule has 0 heterocycles. The lowest BCUT2D eigenvalue weighted by molar-refractivity contribution is -0.116. The molecule has 0 aliphatic heterocycles. The SMILES string of the molecule is CCCCC(=O)Nc1ccc(C)cc1N=[N+]=[N-]. The van der Waals surface area contributed by atoms with Crippen molar-refractivity contribution in [1.82, 2.24) is 0 Å². The summed E-state index contributed by atoms with van der Waals surface area (Å²) >= 11 is 0. The van der Waals surface area contributed by atoms with Crippen LogP contribution in [-0.4, -0.2) is 5.91 Å². The van der Waals surface area contributed by atoms with E-state index in [-0.39, 0.29) is 5.91 Å². The van der Waals surface area contributed by atoms with E-state index in [1.807, 2.05) is 19.9 Å². The zero-order chi connectivity index (χ0) is 12.7. The Morgan fingerprint density at radius 3 is 2.94 bits per heavy atom. The van der Waals surface area contributed by atoms with Gasteiger partial charge >= 0.3 is 0 Å². The minimum Gasteiger partial charge on any atom is -0.326 e. The lowest BCUT2D eigenvalue weighted by Gasteiger charge is -2.08. The van der Waals surface area contributed by atoms with Gasteiger partial charge in [-0.3, -0.25) is 4.79 Å². The Labute approximate surface area is 100 Å². The minimum absolute atomic E-state index is 0.0508. The third-order valence-electron chi connectivity index (χ3n) is 2.34. The molecule has 5 heteroatoms. The molecule has 0 atom stereocenters. The van der Waals surface area contributed by atoms with Gasteiger partial charge in [-0.15, -0.1) is 0 Å². The number of aryl methyl sites for hydroxylation is 1. The van der Waals surface area contributed by atoms with Crippen molar-refractivity contribution in [3.05, 3.63) is 34.2 Å². The lowest BCUT2D eigenvalue weighted by atomic mass is 10.2. The summed E-state index contributed by atoms with van der Waals surface area (Å²) in [7, 11) is 0. The topological polar surface area (TPSA) is 77.9 Å². The van der Waals surface area contributed by atoms with E-state index in [4.69, 9.17) is 5.53 Å². The summed E-state index contributed by atoms with van der Waals surface area (Å²) in [5.74, 6) is -0.0508. The molecule has 0 bridgehead atoms. The zero-order valence-corrected chi connectivity index (χ0v) is 10.1. The number of azide groups is 1. The molecule has 0 radical (unpaired) electrons. The molecule has 1 amide bonds. The third-order valence-corrected chi connectivity index (χ3v) is 2.34. The van der Waals surface area contributed by atoms with Crippen molar-refractivity contribution >= 4 is 17.3 Å². The lowest BCUT2D eigenvalue weighted by Crippen LogP contribution is -2.11. The van der Waals surface area contributed by atoms with Crippen LogP contribution >= 0.6 is 0 Å². The number of carbonyl (C=O) groups excluding carboxylic acids is 1. The first-order valence-electron chi connectivity index (χ1n) is 5.63. The molecular weight excluding hydrogens is 216 g/mol. The van der Waals surface area contributed by atoms with E-state index in [9.17, 15) is 4.79 Å². The molecule has 5 nitrogen and oxygen atoms in total. The molecule has 1 rings (SSSR count). The molecule has 0 unspecified atom stereocenters. The third kappa shape index (κ3) is 4.17. The molecule has 0 aliphatic rings. The van der Waals surface area contributed by atoms with Crippen molar-refractivity contribution in [2.45, 2.75) is 33.1 Å².